The van der Waals surface area contributed by atoms with Crippen molar-refractivity contribution in [3.8, 4) is 0 Å². The molecule has 0 amide bonds. The van der Waals surface area contributed by atoms with Crippen molar-refractivity contribution in [3.05, 3.63) is 34.3 Å². The van der Waals surface area contributed by atoms with Crippen LogP contribution in [0.15, 0.2) is 28.7 Å². The molecule has 0 aromatic heterocycles. The van der Waals surface area contributed by atoms with E-state index in [1.54, 1.807) is 0 Å². The van der Waals surface area contributed by atoms with Crippen LogP contribution in [0.4, 0.5) is 0 Å². The topological polar surface area (TPSA) is 12.0 Å². The van der Waals surface area contributed by atoms with Crippen molar-refractivity contribution in [1.29, 1.82) is 0 Å². The van der Waals surface area contributed by atoms with E-state index in [4.69, 9.17) is 0 Å². The average molecular weight is 246 g/mol. The summed E-state index contributed by atoms with van der Waals surface area (Å²) in [5, 5.41) is 3.20. The highest BCUT2D eigenvalue weighted by Gasteiger charge is 2.04. The van der Waals surface area contributed by atoms with Crippen molar-refractivity contribution in [2.75, 3.05) is 12.8 Å². The predicted molar refractivity (Wildman–Crippen MR) is 59.8 cm³/mol. The highest BCUT2D eigenvalue weighted by Crippen LogP contribution is 2.17. The summed E-state index contributed by atoms with van der Waals surface area (Å²) in [5.74, 6) is 0.818. The molecule has 12 heavy (non-hydrogen) atoms. The van der Waals surface area contributed by atoms with Gasteiger partial charge in [0.25, 0.3) is 0 Å². The molecule has 0 heterocycles. The lowest BCUT2D eigenvalue weighted by atomic mass is 10.1. The largest absolute Gasteiger partial charge is 0.312 e. The van der Waals surface area contributed by atoms with Crippen LogP contribution in [0.5, 0.6) is 0 Å². The Morgan fingerprint density at radius 2 is 2.00 bits per heavy atom. The Morgan fingerprint density at radius 1 is 1.42 bits per heavy atom. The van der Waals surface area contributed by atoms with E-state index in [-0.39, 0.29) is 0 Å². The molecule has 0 fully saturated rings. The lowest BCUT2D eigenvalue weighted by molar-refractivity contribution is 0.663. The maximum atomic E-state index is 4.26. The Hall–Kier alpha value is 0.01000. The van der Waals surface area contributed by atoms with E-state index in [1.807, 2.05) is 19.2 Å². The van der Waals surface area contributed by atoms with Crippen molar-refractivity contribution < 1.29 is 0 Å². The molecule has 1 aromatic rings. The van der Waals surface area contributed by atoms with Gasteiger partial charge in [0.15, 0.2) is 0 Å². The van der Waals surface area contributed by atoms with Gasteiger partial charge in [0, 0.05) is 16.3 Å². The molecular weight excluding hydrogens is 234 g/mol. The van der Waals surface area contributed by atoms with Gasteiger partial charge in [0.05, 0.1) is 0 Å². The van der Waals surface area contributed by atoms with Gasteiger partial charge in [-0.2, -0.15) is 12.6 Å². The Morgan fingerprint density at radius 3 is 2.42 bits per heavy atom. The first-order valence-electron chi connectivity index (χ1n) is 3.81. The normalized spacial score (nSPS) is 12.9. The first kappa shape index (κ1) is 10.1. The molecule has 1 aromatic carbocycles. The van der Waals surface area contributed by atoms with E-state index in [0.717, 1.165) is 10.2 Å². The first-order valence-corrected chi connectivity index (χ1v) is 5.24. The number of hydrogen-bond donors (Lipinski definition) is 2. The number of hydrogen-bond acceptors (Lipinski definition) is 2. The lowest BCUT2D eigenvalue weighted by Crippen LogP contribution is -2.17. The minimum Gasteiger partial charge on any atom is -0.312 e. The van der Waals surface area contributed by atoms with Crippen molar-refractivity contribution in [2.45, 2.75) is 6.04 Å². The molecule has 0 aliphatic carbocycles. The SMILES string of the molecule is CNC(CS)c1ccc(Br)cc1. The molecule has 0 radical (unpaired) electrons. The molecule has 1 unspecified atom stereocenters. The van der Waals surface area contributed by atoms with Gasteiger partial charge in [-0.1, -0.05) is 28.1 Å². The van der Waals surface area contributed by atoms with Gasteiger partial charge in [-0.25, -0.2) is 0 Å². The zero-order valence-corrected chi connectivity index (χ0v) is 9.40. The van der Waals surface area contributed by atoms with E-state index in [0.29, 0.717) is 6.04 Å². The van der Waals surface area contributed by atoms with Crippen LogP contribution < -0.4 is 5.32 Å². The van der Waals surface area contributed by atoms with Crippen LogP contribution >= 0.6 is 28.6 Å². The zero-order chi connectivity index (χ0) is 8.97. The fourth-order valence-electron chi connectivity index (χ4n) is 1.06. The molecule has 1 atom stereocenters. The molecule has 0 saturated heterocycles. The summed E-state index contributed by atoms with van der Waals surface area (Å²) in [6, 6.07) is 8.64. The van der Waals surface area contributed by atoms with Crippen LogP contribution in [0.1, 0.15) is 11.6 Å². The van der Waals surface area contributed by atoms with E-state index in [1.165, 1.54) is 5.56 Å². The summed E-state index contributed by atoms with van der Waals surface area (Å²) >= 11 is 7.66. The fourth-order valence-corrected chi connectivity index (χ4v) is 1.72. The molecule has 0 bridgehead atoms. The van der Waals surface area contributed by atoms with Crippen LogP contribution in [0.2, 0.25) is 0 Å². The molecule has 1 rings (SSSR count). The van der Waals surface area contributed by atoms with Gasteiger partial charge < -0.3 is 5.32 Å². The molecule has 0 spiro atoms. The third kappa shape index (κ3) is 2.51. The Kier molecular flexibility index (Phi) is 4.12. The quantitative estimate of drug-likeness (QED) is 0.781. The fraction of sp³-hybridized carbons (Fsp3) is 0.333. The highest BCUT2D eigenvalue weighted by molar-refractivity contribution is 9.10. The van der Waals surface area contributed by atoms with Crippen molar-refractivity contribution in [2.24, 2.45) is 0 Å². The van der Waals surface area contributed by atoms with Gasteiger partial charge >= 0.3 is 0 Å². The Balaban J connectivity index is 2.80. The average Bonchev–Trinajstić information content (AvgIpc) is 2.10. The van der Waals surface area contributed by atoms with Gasteiger partial charge in [-0.3, -0.25) is 0 Å². The van der Waals surface area contributed by atoms with Gasteiger partial charge in [0.2, 0.25) is 0 Å². The second-order valence-corrected chi connectivity index (χ2v) is 3.86. The summed E-state index contributed by atoms with van der Waals surface area (Å²) in [6.45, 7) is 0. The van der Waals surface area contributed by atoms with E-state index >= 15 is 0 Å². The number of benzene rings is 1. The Bertz CT molecular complexity index is 231. The third-order valence-electron chi connectivity index (χ3n) is 1.80. The van der Waals surface area contributed by atoms with Crippen molar-refractivity contribution in [1.82, 2.24) is 5.32 Å². The predicted octanol–water partition coefficient (Wildman–Crippen LogP) is 2.64. The monoisotopic (exact) mass is 245 g/mol. The Labute approximate surface area is 87.1 Å². The van der Waals surface area contributed by atoms with Crippen molar-refractivity contribution >= 4 is 28.6 Å². The number of halogens is 1. The summed E-state index contributed by atoms with van der Waals surface area (Å²) in [4.78, 5) is 0. The molecular formula is C9H12BrNS. The second-order valence-electron chi connectivity index (χ2n) is 2.58. The molecule has 0 aliphatic heterocycles. The minimum absolute atomic E-state index is 0.349. The van der Waals surface area contributed by atoms with E-state index in [9.17, 15) is 0 Å². The maximum Gasteiger partial charge on any atom is 0.0406 e. The number of rotatable bonds is 3. The van der Waals surface area contributed by atoms with Crippen LogP contribution in [-0.2, 0) is 0 Å². The molecule has 0 aliphatic rings. The van der Waals surface area contributed by atoms with Crippen molar-refractivity contribution in [3.63, 3.8) is 0 Å². The second kappa shape index (κ2) is 4.90. The first-order chi connectivity index (χ1) is 5.77. The van der Waals surface area contributed by atoms with E-state index in [2.05, 4.69) is 46.0 Å². The summed E-state index contributed by atoms with van der Waals surface area (Å²) in [6.07, 6.45) is 0. The third-order valence-corrected chi connectivity index (χ3v) is 2.70. The molecule has 1 nitrogen and oxygen atoms in total. The van der Waals surface area contributed by atoms with Gasteiger partial charge in [0.1, 0.15) is 0 Å². The number of thiol groups is 1. The molecule has 1 N–H and O–H groups in total. The summed E-state index contributed by atoms with van der Waals surface area (Å²) < 4.78 is 1.11. The molecule has 0 saturated carbocycles. The maximum absolute atomic E-state index is 4.26. The van der Waals surface area contributed by atoms with Crippen LogP contribution in [0, 0.1) is 0 Å². The number of nitrogens with one attached hydrogen (secondary N) is 1. The molecule has 3 heteroatoms. The van der Waals surface area contributed by atoms with Gasteiger partial charge in [-0.15, -0.1) is 0 Å². The van der Waals surface area contributed by atoms with Gasteiger partial charge in [-0.05, 0) is 24.7 Å². The smallest absolute Gasteiger partial charge is 0.0406 e. The van der Waals surface area contributed by atoms with Crippen LogP contribution in [-0.4, -0.2) is 12.8 Å². The molecule has 66 valence electrons. The highest BCUT2D eigenvalue weighted by atomic mass is 79.9. The lowest BCUT2D eigenvalue weighted by Gasteiger charge is -2.13. The standard InChI is InChI=1S/C9H12BrNS/c1-11-9(6-12)7-2-4-8(10)5-3-7/h2-5,9,11-12H,6H2,1H3. The van der Waals surface area contributed by atoms with Crippen LogP contribution in [0.25, 0.3) is 0 Å². The van der Waals surface area contributed by atoms with Crippen LogP contribution in [0.3, 0.4) is 0 Å². The zero-order valence-electron chi connectivity index (χ0n) is 6.92. The summed E-state index contributed by atoms with van der Waals surface area (Å²) in [5.41, 5.74) is 1.27. The van der Waals surface area contributed by atoms with E-state index < -0.39 is 0 Å². The summed E-state index contributed by atoms with van der Waals surface area (Å²) in [7, 11) is 1.95. The minimum atomic E-state index is 0.349.